The Morgan fingerprint density at radius 2 is 1.88 bits per heavy atom. The smallest absolute Gasteiger partial charge is 0.0615 e. The fourth-order valence-electron chi connectivity index (χ4n) is 1.59. The number of rotatable bonds is 11. The van der Waals surface area contributed by atoms with E-state index in [2.05, 4.69) is 26.1 Å². The molecule has 3 heteroatoms. The summed E-state index contributed by atoms with van der Waals surface area (Å²) in [6.07, 6.45) is 3.40. The highest BCUT2D eigenvalue weighted by atomic mass is 16.5. The summed E-state index contributed by atoms with van der Waals surface area (Å²) in [4.78, 5) is 0. The zero-order valence-corrected chi connectivity index (χ0v) is 11.4. The number of hydrogen-bond acceptors (Lipinski definition) is 3. The highest BCUT2D eigenvalue weighted by Gasteiger charge is 2.05. The van der Waals surface area contributed by atoms with E-state index in [1.54, 1.807) is 7.11 Å². The lowest BCUT2D eigenvalue weighted by atomic mass is 10.1. The van der Waals surface area contributed by atoms with Crippen LogP contribution in [0.5, 0.6) is 0 Å². The Balaban J connectivity index is 3.32. The predicted molar refractivity (Wildman–Crippen MR) is 68.8 cm³/mol. The minimum absolute atomic E-state index is 0.476. The quantitative estimate of drug-likeness (QED) is 0.554. The second-order valence-corrected chi connectivity index (χ2v) is 4.65. The number of methoxy groups -OCH3 is 1. The van der Waals surface area contributed by atoms with E-state index >= 15 is 0 Å². The predicted octanol–water partition coefficient (Wildman–Crippen LogP) is 2.45. The molecule has 0 heterocycles. The molecule has 0 radical (unpaired) electrons. The van der Waals surface area contributed by atoms with Crippen LogP contribution in [0.4, 0.5) is 0 Å². The first-order valence-electron chi connectivity index (χ1n) is 6.50. The van der Waals surface area contributed by atoms with Crippen LogP contribution in [0.15, 0.2) is 0 Å². The number of hydrogen-bond donors (Lipinski definition) is 1. The fraction of sp³-hybridized carbons (Fsp3) is 1.00. The van der Waals surface area contributed by atoms with Gasteiger partial charge in [0.1, 0.15) is 0 Å². The third kappa shape index (κ3) is 10.4. The minimum Gasteiger partial charge on any atom is -0.383 e. The first kappa shape index (κ1) is 15.9. The van der Waals surface area contributed by atoms with E-state index in [-0.39, 0.29) is 0 Å². The molecule has 0 aliphatic carbocycles. The van der Waals surface area contributed by atoms with E-state index in [1.807, 2.05) is 0 Å². The van der Waals surface area contributed by atoms with Gasteiger partial charge in [-0.15, -0.1) is 0 Å². The van der Waals surface area contributed by atoms with Crippen molar-refractivity contribution in [2.24, 2.45) is 5.92 Å². The second kappa shape index (κ2) is 11.4. The van der Waals surface area contributed by atoms with Gasteiger partial charge < -0.3 is 14.8 Å². The maximum atomic E-state index is 5.58. The lowest BCUT2D eigenvalue weighted by molar-refractivity contribution is 0.111. The Morgan fingerprint density at radius 1 is 1.12 bits per heavy atom. The summed E-state index contributed by atoms with van der Waals surface area (Å²) in [7, 11) is 1.75. The van der Waals surface area contributed by atoms with Crippen LogP contribution in [0.3, 0.4) is 0 Å². The molecule has 0 aliphatic rings. The first-order valence-corrected chi connectivity index (χ1v) is 6.50. The van der Waals surface area contributed by atoms with Crippen LogP contribution >= 0.6 is 0 Å². The zero-order valence-electron chi connectivity index (χ0n) is 11.4. The van der Waals surface area contributed by atoms with Crippen molar-refractivity contribution >= 4 is 0 Å². The van der Waals surface area contributed by atoms with Crippen LogP contribution in [-0.2, 0) is 9.47 Å². The molecular formula is C13H29NO2. The molecule has 0 aliphatic heterocycles. The van der Waals surface area contributed by atoms with Crippen molar-refractivity contribution in [3.8, 4) is 0 Å². The van der Waals surface area contributed by atoms with E-state index in [1.165, 1.54) is 0 Å². The summed E-state index contributed by atoms with van der Waals surface area (Å²) >= 11 is 0. The lowest BCUT2D eigenvalue weighted by Gasteiger charge is -2.16. The van der Waals surface area contributed by atoms with Crippen molar-refractivity contribution in [2.75, 3.05) is 33.5 Å². The van der Waals surface area contributed by atoms with E-state index in [0.717, 1.165) is 51.5 Å². The van der Waals surface area contributed by atoms with Crippen molar-refractivity contribution in [1.29, 1.82) is 0 Å². The average Bonchev–Trinajstić information content (AvgIpc) is 2.23. The van der Waals surface area contributed by atoms with Gasteiger partial charge in [0.05, 0.1) is 6.61 Å². The lowest BCUT2D eigenvalue weighted by Crippen LogP contribution is -2.33. The van der Waals surface area contributed by atoms with Gasteiger partial charge in [0.25, 0.3) is 0 Å². The number of nitrogens with one attached hydrogen (secondary N) is 1. The molecule has 3 nitrogen and oxygen atoms in total. The second-order valence-electron chi connectivity index (χ2n) is 4.65. The minimum atomic E-state index is 0.476. The van der Waals surface area contributed by atoms with Gasteiger partial charge in [0, 0.05) is 26.4 Å². The van der Waals surface area contributed by atoms with E-state index < -0.39 is 0 Å². The first-order chi connectivity index (χ1) is 7.70. The summed E-state index contributed by atoms with van der Waals surface area (Å²) in [6, 6.07) is 0.476. The SMILES string of the molecule is CCNC(CCCOCCC(C)C)COC. The van der Waals surface area contributed by atoms with Crippen molar-refractivity contribution in [2.45, 2.75) is 46.1 Å². The van der Waals surface area contributed by atoms with Crippen molar-refractivity contribution in [3.05, 3.63) is 0 Å². The molecule has 1 N–H and O–H groups in total. The molecule has 0 saturated carbocycles. The number of likely N-dealkylation sites (N-methyl/N-ethyl adjacent to an activating group) is 1. The van der Waals surface area contributed by atoms with Gasteiger partial charge in [-0.3, -0.25) is 0 Å². The molecule has 0 aromatic carbocycles. The van der Waals surface area contributed by atoms with E-state index in [9.17, 15) is 0 Å². The Morgan fingerprint density at radius 3 is 2.44 bits per heavy atom. The monoisotopic (exact) mass is 231 g/mol. The Kier molecular flexibility index (Phi) is 11.3. The van der Waals surface area contributed by atoms with Gasteiger partial charge in [0.15, 0.2) is 0 Å². The summed E-state index contributed by atoms with van der Waals surface area (Å²) in [6.45, 7) is 10.1. The molecule has 1 atom stereocenters. The standard InChI is InChI=1S/C13H29NO2/c1-5-14-13(11-15-4)7-6-9-16-10-8-12(2)3/h12-14H,5-11H2,1-4H3. The van der Waals surface area contributed by atoms with Crippen LogP contribution in [-0.4, -0.2) is 39.5 Å². The average molecular weight is 231 g/mol. The topological polar surface area (TPSA) is 30.5 Å². The summed E-state index contributed by atoms with van der Waals surface area (Å²) in [5.41, 5.74) is 0. The van der Waals surface area contributed by atoms with E-state index in [4.69, 9.17) is 9.47 Å². The molecule has 0 rings (SSSR count). The van der Waals surface area contributed by atoms with Gasteiger partial charge in [-0.25, -0.2) is 0 Å². The van der Waals surface area contributed by atoms with Crippen LogP contribution in [0.2, 0.25) is 0 Å². The third-order valence-electron chi connectivity index (χ3n) is 2.54. The van der Waals surface area contributed by atoms with Crippen LogP contribution in [0, 0.1) is 5.92 Å². The molecule has 0 fully saturated rings. The highest BCUT2D eigenvalue weighted by molar-refractivity contribution is 4.64. The van der Waals surface area contributed by atoms with Crippen molar-refractivity contribution in [3.63, 3.8) is 0 Å². The summed E-state index contributed by atoms with van der Waals surface area (Å²) < 4.78 is 10.7. The van der Waals surface area contributed by atoms with Crippen LogP contribution in [0.25, 0.3) is 0 Å². The van der Waals surface area contributed by atoms with E-state index in [0.29, 0.717) is 6.04 Å². The summed E-state index contributed by atoms with van der Waals surface area (Å²) in [5.74, 6) is 0.739. The van der Waals surface area contributed by atoms with Gasteiger partial charge >= 0.3 is 0 Å². The van der Waals surface area contributed by atoms with Crippen LogP contribution < -0.4 is 5.32 Å². The maximum Gasteiger partial charge on any atom is 0.0615 e. The van der Waals surface area contributed by atoms with Crippen molar-refractivity contribution < 1.29 is 9.47 Å². The molecule has 1 unspecified atom stereocenters. The highest BCUT2D eigenvalue weighted by Crippen LogP contribution is 2.02. The molecule has 16 heavy (non-hydrogen) atoms. The Bertz CT molecular complexity index is 134. The maximum absolute atomic E-state index is 5.58. The van der Waals surface area contributed by atoms with Gasteiger partial charge in [-0.05, 0) is 31.7 Å². The van der Waals surface area contributed by atoms with Gasteiger partial charge in [-0.1, -0.05) is 20.8 Å². The molecule has 0 aromatic heterocycles. The summed E-state index contributed by atoms with van der Waals surface area (Å²) in [5, 5.41) is 3.41. The zero-order chi connectivity index (χ0) is 12.2. The fourth-order valence-corrected chi connectivity index (χ4v) is 1.59. The number of ether oxygens (including phenoxy) is 2. The molecular weight excluding hydrogens is 202 g/mol. The molecule has 0 bridgehead atoms. The molecule has 0 spiro atoms. The largest absolute Gasteiger partial charge is 0.383 e. The van der Waals surface area contributed by atoms with Crippen molar-refractivity contribution in [1.82, 2.24) is 5.32 Å². The van der Waals surface area contributed by atoms with Gasteiger partial charge in [0.2, 0.25) is 0 Å². The normalized spacial score (nSPS) is 13.3. The molecule has 0 aromatic rings. The van der Waals surface area contributed by atoms with Crippen LogP contribution in [0.1, 0.15) is 40.0 Å². The molecule has 0 amide bonds. The Labute approximate surface area is 101 Å². The molecule has 0 saturated heterocycles. The third-order valence-corrected chi connectivity index (χ3v) is 2.54. The Hall–Kier alpha value is -0.120. The molecule has 98 valence electrons. The van der Waals surface area contributed by atoms with Gasteiger partial charge in [-0.2, -0.15) is 0 Å².